The first kappa shape index (κ1) is 17.7. The molecule has 0 unspecified atom stereocenters. The molecular formula is C17H15Cl2N5S. The lowest BCUT2D eigenvalue weighted by Gasteiger charge is -2.08. The summed E-state index contributed by atoms with van der Waals surface area (Å²) in [6, 6.07) is 15.2. The predicted molar refractivity (Wildman–Crippen MR) is 105 cm³/mol. The standard InChI is InChI=1S/C17H15Cl2N5S/c18-14-6-4-12(5-7-14)9-20-17(25)22-16-21-11-24(23-16)10-13-2-1-3-15(19)8-13/h1-8,11H,9-10H2,(H2,20,22,23,25). The zero-order chi connectivity index (χ0) is 17.6. The Bertz CT molecular complexity index is 863. The number of hydrogen-bond acceptors (Lipinski definition) is 3. The van der Waals surface area contributed by atoms with Crippen molar-refractivity contribution >= 4 is 46.5 Å². The van der Waals surface area contributed by atoms with Gasteiger partial charge in [0.15, 0.2) is 5.11 Å². The predicted octanol–water partition coefficient (Wildman–Crippen LogP) is 4.12. The molecule has 0 aliphatic carbocycles. The Morgan fingerprint density at radius 3 is 2.60 bits per heavy atom. The Morgan fingerprint density at radius 1 is 1.04 bits per heavy atom. The van der Waals surface area contributed by atoms with E-state index >= 15 is 0 Å². The van der Waals surface area contributed by atoms with Crippen molar-refractivity contribution in [1.82, 2.24) is 20.1 Å². The molecule has 0 saturated heterocycles. The number of anilines is 1. The summed E-state index contributed by atoms with van der Waals surface area (Å²) in [5.41, 5.74) is 2.13. The van der Waals surface area contributed by atoms with Crippen LogP contribution in [-0.4, -0.2) is 19.9 Å². The number of nitrogens with zero attached hydrogens (tertiary/aromatic N) is 3. The summed E-state index contributed by atoms with van der Waals surface area (Å²) in [7, 11) is 0. The second-order valence-corrected chi connectivity index (χ2v) is 6.61. The van der Waals surface area contributed by atoms with Crippen molar-refractivity contribution in [2.24, 2.45) is 0 Å². The highest BCUT2D eigenvalue weighted by atomic mass is 35.5. The number of rotatable bonds is 5. The molecule has 0 spiro atoms. The molecule has 0 saturated carbocycles. The van der Waals surface area contributed by atoms with E-state index in [-0.39, 0.29) is 0 Å². The number of nitrogens with one attached hydrogen (secondary N) is 2. The van der Waals surface area contributed by atoms with Crippen molar-refractivity contribution in [2.75, 3.05) is 5.32 Å². The van der Waals surface area contributed by atoms with Crippen LogP contribution in [0.1, 0.15) is 11.1 Å². The maximum Gasteiger partial charge on any atom is 0.248 e. The summed E-state index contributed by atoms with van der Waals surface area (Å²) in [6.07, 6.45) is 1.64. The molecule has 1 aromatic heterocycles. The van der Waals surface area contributed by atoms with Gasteiger partial charge in [-0.05, 0) is 47.6 Å². The number of halogens is 2. The van der Waals surface area contributed by atoms with Gasteiger partial charge >= 0.3 is 0 Å². The highest BCUT2D eigenvalue weighted by Gasteiger charge is 2.04. The lowest BCUT2D eigenvalue weighted by molar-refractivity contribution is 0.687. The summed E-state index contributed by atoms with van der Waals surface area (Å²) in [6.45, 7) is 1.17. The Hall–Kier alpha value is -2.15. The average Bonchev–Trinajstić information content (AvgIpc) is 3.01. The fourth-order valence-corrected chi connectivity index (χ4v) is 2.68. The van der Waals surface area contributed by atoms with Crippen LogP contribution in [0.3, 0.4) is 0 Å². The van der Waals surface area contributed by atoms with Crippen molar-refractivity contribution in [3.05, 3.63) is 76.0 Å². The summed E-state index contributed by atoms with van der Waals surface area (Å²) in [5.74, 6) is 0.440. The molecule has 25 heavy (non-hydrogen) atoms. The lowest BCUT2D eigenvalue weighted by atomic mass is 10.2. The molecular weight excluding hydrogens is 377 g/mol. The maximum absolute atomic E-state index is 5.99. The van der Waals surface area contributed by atoms with Crippen LogP contribution in [0, 0.1) is 0 Å². The summed E-state index contributed by atoms with van der Waals surface area (Å²) in [4.78, 5) is 4.20. The van der Waals surface area contributed by atoms with E-state index in [1.54, 1.807) is 11.0 Å². The molecule has 0 fully saturated rings. The van der Waals surface area contributed by atoms with E-state index in [0.29, 0.717) is 34.2 Å². The van der Waals surface area contributed by atoms with Crippen LogP contribution >= 0.6 is 35.4 Å². The van der Waals surface area contributed by atoms with E-state index in [4.69, 9.17) is 35.4 Å². The van der Waals surface area contributed by atoms with Crippen LogP contribution < -0.4 is 10.6 Å². The third-order valence-electron chi connectivity index (χ3n) is 3.36. The number of benzene rings is 2. The van der Waals surface area contributed by atoms with E-state index in [1.165, 1.54) is 0 Å². The number of aromatic nitrogens is 3. The smallest absolute Gasteiger partial charge is 0.248 e. The molecule has 2 aromatic carbocycles. The van der Waals surface area contributed by atoms with Gasteiger partial charge in [-0.25, -0.2) is 9.67 Å². The van der Waals surface area contributed by atoms with Gasteiger partial charge in [-0.3, -0.25) is 5.32 Å². The minimum Gasteiger partial charge on any atom is -0.358 e. The topological polar surface area (TPSA) is 54.8 Å². The first-order valence-electron chi connectivity index (χ1n) is 7.52. The monoisotopic (exact) mass is 391 g/mol. The summed E-state index contributed by atoms with van der Waals surface area (Å²) < 4.78 is 1.72. The second-order valence-electron chi connectivity index (χ2n) is 5.33. The van der Waals surface area contributed by atoms with E-state index < -0.39 is 0 Å². The van der Waals surface area contributed by atoms with Crippen molar-refractivity contribution < 1.29 is 0 Å². The van der Waals surface area contributed by atoms with Crippen molar-refractivity contribution in [3.8, 4) is 0 Å². The van der Waals surface area contributed by atoms with Crippen LogP contribution in [0.4, 0.5) is 5.95 Å². The Labute approximate surface area is 161 Å². The Balaban J connectivity index is 1.52. The normalized spacial score (nSPS) is 10.5. The lowest BCUT2D eigenvalue weighted by Crippen LogP contribution is -2.28. The average molecular weight is 392 g/mol. The molecule has 1 heterocycles. The third-order valence-corrected chi connectivity index (χ3v) is 4.10. The molecule has 3 aromatic rings. The molecule has 0 atom stereocenters. The van der Waals surface area contributed by atoms with E-state index in [2.05, 4.69) is 20.7 Å². The largest absolute Gasteiger partial charge is 0.358 e. The van der Waals surface area contributed by atoms with Gasteiger partial charge in [0.25, 0.3) is 0 Å². The molecule has 0 aliphatic heterocycles. The van der Waals surface area contributed by atoms with Crippen LogP contribution in [0.5, 0.6) is 0 Å². The quantitative estimate of drug-likeness (QED) is 0.640. The molecule has 0 bridgehead atoms. The van der Waals surface area contributed by atoms with Gasteiger partial charge in [0, 0.05) is 16.6 Å². The Morgan fingerprint density at radius 2 is 1.84 bits per heavy atom. The number of hydrogen-bond donors (Lipinski definition) is 2. The highest BCUT2D eigenvalue weighted by Crippen LogP contribution is 2.12. The van der Waals surface area contributed by atoms with Crippen LogP contribution in [0.25, 0.3) is 0 Å². The molecule has 2 N–H and O–H groups in total. The fourth-order valence-electron chi connectivity index (χ4n) is 2.18. The molecule has 0 amide bonds. The Kier molecular flexibility index (Phi) is 5.86. The molecule has 8 heteroatoms. The zero-order valence-electron chi connectivity index (χ0n) is 13.1. The molecule has 3 rings (SSSR count). The van der Waals surface area contributed by atoms with Gasteiger partial charge in [0.05, 0.1) is 6.54 Å². The van der Waals surface area contributed by atoms with Crippen molar-refractivity contribution in [1.29, 1.82) is 0 Å². The molecule has 0 aliphatic rings. The molecule has 0 radical (unpaired) electrons. The van der Waals surface area contributed by atoms with E-state index in [1.807, 2.05) is 48.5 Å². The van der Waals surface area contributed by atoms with Gasteiger partial charge in [-0.15, -0.1) is 5.10 Å². The highest BCUT2D eigenvalue weighted by molar-refractivity contribution is 7.80. The van der Waals surface area contributed by atoms with Crippen LogP contribution in [0.15, 0.2) is 54.9 Å². The zero-order valence-corrected chi connectivity index (χ0v) is 15.4. The van der Waals surface area contributed by atoms with Gasteiger partial charge in [-0.1, -0.05) is 47.5 Å². The second kappa shape index (κ2) is 8.29. The van der Waals surface area contributed by atoms with Crippen LogP contribution in [-0.2, 0) is 13.1 Å². The fraction of sp³-hybridized carbons (Fsp3) is 0.118. The van der Waals surface area contributed by atoms with Gasteiger partial charge in [0.1, 0.15) is 6.33 Å². The number of thiocarbonyl (C=S) groups is 1. The van der Waals surface area contributed by atoms with Crippen molar-refractivity contribution in [3.63, 3.8) is 0 Å². The maximum atomic E-state index is 5.99. The van der Waals surface area contributed by atoms with Gasteiger partial charge in [-0.2, -0.15) is 0 Å². The minimum absolute atomic E-state index is 0.440. The SMILES string of the molecule is S=C(NCc1ccc(Cl)cc1)Nc1ncn(Cc2cccc(Cl)c2)n1. The molecule has 5 nitrogen and oxygen atoms in total. The first-order chi connectivity index (χ1) is 12.1. The van der Waals surface area contributed by atoms with Gasteiger partial charge < -0.3 is 5.32 Å². The van der Waals surface area contributed by atoms with E-state index in [0.717, 1.165) is 11.1 Å². The van der Waals surface area contributed by atoms with Gasteiger partial charge in [0.2, 0.25) is 5.95 Å². The molecule has 128 valence electrons. The summed E-state index contributed by atoms with van der Waals surface area (Å²) in [5, 5.41) is 12.3. The minimum atomic E-state index is 0.440. The summed E-state index contributed by atoms with van der Waals surface area (Å²) >= 11 is 17.1. The third kappa shape index (κ3) is 5.42. The van der Waals surface area contributed by atoms with E-state index in [9.17, 15) is 0 Å². The van der Waals surface area contributed by atoms with Crippen LogP contribution in [0.2, 0.25) is 10.0 Å². The van der Waals surface area contributed by atoms with Crippen molar-refractivity contribution in [2.45, 2.75) is 13.1 Å². The first-order valence-corrected chi connectivity index (χ1v) is 8.68.